The van der Waals surface area contributed by atoms with E-state index in [1.807, 2.05) is 0 Å². The third-order valence-corrected chi connectivity index (χ3v) is 7.08. The predicted octanol–water partition coefficient (Wildman–Crippen LogP) is 3.41. The van der Waals surface area contributed by atoms with Crippen LogP contribution in [-0.2, 0) is 16.2 Å². The Morgan fingerprint density at radius 3 is 2.48 bits per heavy atom. The molecule has 0 spiro atoms. The number of sulfonamides is 1. The molecule has 0 radical (unpaired) electrons. The van der Waals surface area contributed by atoms with Crippen LogP contribution in [0.1, 0.15) is 22.8 Å². The van der Waals surface area contributed by atoms with Crippen molar-refractivity contribution >= 4 is 48.9 Å². The molecule has 4 N–H and O–H groups in total. The van der Waals surface area contributed by atoms with Gasteiger partial charge in [0.05, 0.1) is 9.35 Å². The largest absolute Gasteiger partial charge is 0.418 e. The molecule has 27 heavy (non-hydrogen) atoms. The summed E-state index contributed by atoms with van der Waals surface area (Å²) in [7, 11) is -3.78. The van der Waals surface area contributed by atoms with Crippen LogP contribution in [0.5, 0.6) is 0 Å². The lowest BCUT2D eigenvalue weighted by Crippen LogP contribution is -2.37. The number of nitrogens with two attached hydrogens (primary N) is 1. The number of nitrogens with one attached hydrogen (secondary N) is 2. The Kier molecular flexibility index (Phi) is 6.55. The summed E-state index contributed by atoms with van der Waals surface area (Å²) in [5.41, 5.74) is 3.41. The maximum Gasteiger partial charge on any atom is 0.418 e. The lowest BCUT2D eigenvalue weighted by molar-refractivity contribution is -0.137. The molecule has 0 aliphatic carbocycles. The van der Waals surface area contributed by atoms with Gasteiger partial charge in [-0.25, -0.2) is 13.1 Å². The number of alkyl halides is 3. The fourth-order valence-corrected chi connectivity index (χ4v) is 5.43. The van der Waals surface area contributed by atoms with E-state index >= 15 is 0 Å². The van der Waals surface area contributed by atoms with E-state index in [9.17, 15) is 26.4 Å². The first kappa shape index (κ1) is 21.7. The monoisotopic (exact) mass is 485 g/mol. The number of benzene rings is 1. The first-order chi connectivity index (χ1) is 12.4. The molecule has 2 aromatic rings. The molecule has 1 atom stereocenters. The van der Waals surface area contributed by atoms with E-state index in [1.165, 1.54) is 13.0 Å². The number of carbonyl (C=O) groups is 1. The Morgan fingerprint density at radius 1 is 1.30 bits per heavy atom. The minimum absolute atomic E-state index is 0.0861. The van der Waals surface area contributed by atoms with E-state index in [4.69, 9.17) is 5.73 Å². The number of primary amides is 1. The highest BCUT2D eigenvalue weighted by atomic mass is 79.9. The molecule has 1 aromatic carbocycles. The van der Waals surface area contributed by atoms with Crippen molar-refractivity contribution < 1.29 is 26.4 Å². The van der Waals surface area contributed by atoms with Gasteiger partial charge in [0.1, 0.15) is 4.21 Å². The van der Waals surface area contributed by atoms with Crippen LogP contribution in [0.4, 0.5) is 18.9 Å². The number of hydrogen-bond donors (Lipinski definition) is 3. The molecule has 148 valence electrons. The number of amides is 1. The van der Waals surface area contributed by atoms with Gasteiger partial charge in [-0.05, 0) is 53.2 Å². The Bertz CT molecular complexity index is 945. The molecule has 0 aliphatic rings. The molecule has 6 nitrogen and oxygen atoms in total. The summed E-state index contributed by atoms with van der Waals surface area (Å²) in [5, 5.41) is 2.56. The van der Waals surface area contributed by atoms with Gasteiger partial charge >= 0.3 is 6.18 Å². The summed E-state index contributed by atoms with van der Waals surface area (Å²) in [6.07, 6.45) is -4.71. The maximum absolute atomic E-state index is 13.2. The van der Waals surface area contributed by atoms with Crippen LogP contribution in [0, 0.1) is 0 Å². The van der Waals surface area contributed by atoms with E-state index in [1.54, 1.807) is 6.07 Å². The van der Waals surface area contributed by atoms with Crippen LogP contribution >= 0.6 is 27.3 Å². The SMILES string of the molecule is C[C@H](CNc1ccc(C(N)=O)cc1C(F)(F)F)NS(=O)(=O)c1ccc(Br)s1. The third-order valence-electron chi connectivity index (χ3n) is 3.38. The number of anilines is 1. The van der Waals surface area contributed by atoms with Crippen molar-refractivity contribution in [2.45, 2.75) is 23.4 Å². The first-order valence-electron chi connectivity index (χ1n) is 7.43. The number of hydrogen-bond acceptors (Lipinski definition) is 5. The van der Waals surface area contributed by atoms with Crippen molar-refractivity contribution in [1.82, 2.24) is 4.72 Å². The van der Waals surface area contributed by atoms with E-state index < -0.39 is 33.7 Å². The first-order valence-corrected chi connectivity index (χ1v) is 10.5. The van der Waals surface area contributed by atoms with Crippen LogP contribution in [-0.4, -0.2) is 26.9 Å². The van der Waals surface area contributed by atoms with E-state index in [-0.39, 0.29) is 22.0 Å². The summed E-state index contributed by atoms with van der Waals surface area (Å²) in [4.78, 5) is 11.1. The van der Waals surface area contributed by atoms with Gasteiger partial charge in [0.15, 0.2) is 0 Å². The van der Waals surface area contributed by atoms with Gasteiger partial charge in [-0.15, -0.1) is 11.3 Å². The van der Waals surface area contributed by atoms with Crippen molar-refractivity contribution in [3.63, 3.8) is 0 Å². The fraction of sp³-hybridized carbons (Fsp3) is 0.267. The minimum Gasteiger partial charge on any atom is -0.383 e. The van der Waals surface area contributed by atoms with Crippen LogP contribution in [0.3, 0.4) is 0 Å². The molecule has 2 rings (SSSR count). The van der Waals surface area contributed by atoms with Gasteiger partial charge in [-0.3, -0.25) is 4.79 Å². The van der Waals surface area contributed by atoms with Gasteiger partial charge in [0.2, 0.25) is 15.9 Å². The summed E-state index contributed by atoms with van der Waals surface area (Å²) in [6, 6.07) is 5.20. The molecular formula is C15H15BrF3N3O3S2. The molecule has 0 aliphatic heterocycles. The summed E-state index contributed by atoms with van der Waals surface area (Å²) in [6.45, 7) is 1.41. The number of thiophene rings is 1. The number of halogens is 4. The summed E-state index contributed by atoms with van der Waals surface area (Å²) >= 11 is 4.18. The highest BCUT2D eigenvalue weighted by molar-refractivity contribution is 9.11. The smallest absolute Gasteiger partial charge is 0.383 e. The second-order valence-corrected chi connectivity index (χ2v) is 9.99. The van der Waals surface area contributed by atoms with Crippen LogP contribution in [0.15, 0.2) is 38.3 Å². The van der Waals surface area contributed by atoms with E-state index in [0.29, 0.717) is 9.85 Å². The van der Waals surface area contributed by atoms with Crippen LogP contribution in [0.25, 0.3) is 0 Å². The molecule has 12 heteroatoms. The van der Waals surface area contributed by atoms with Gasteiger partial charge in [-0.1, -0.05) is 0 Å². The third kappa shape index (κ3) is 5.67. The maximum atomic E-state index is 13.2. The van der Waals surface area contributed by atoms with Crippen LogP contribution in [0.2, 0.25) is 0 Å². The molecule has 1 amide bonds. The van der Waals surface area contributed by atoms with Crippen molar-refractivity contribution in [3.05, 3.63) is 45.2 Å². The Balaban J connectivity index is 2.12. The summed E-state index contributed by atoms with van der Waals surface area (Å²) < 4.78 is 67.2. The minimum atomic E-state index is -4.71. The van der Waals surface area contributed by atoms with Gasteiger partial charge in [-0.2, -0.15) is 13.2 Å². The molecular weight excluding hydrogens is 471 g/mol. The predicted molar refractivity (Wildman–Crippen MR) is 100 cm³/mol. The average Bonchev–Trinajstić information content (AvgIpc) is 2.99. The molecule has 1 heterocycles. The zero-order valence-corrected chi connectivity index (χ0v) is 17.0. The molecule has 0 unspecified atom stereocenters. The van der Waals surface area contributed by atoms with E-state index in [0.717, 1.165) is 23.5 Å². The second-order valence-electron chi connectivity index (χ2n) is 5.58. The molecule has 0 saturated heterocycles. The average molecular weight is 486 g/mol. The Morgan fingerprint density at radius 2 is 1.96 bits per heavy atom. The topological polar surface area (TPSA) is 101 Å². The zero-order valence-electron chi connectivity index (χ0n) is 13.8. The lowest BCUT2D eigenvalue weighted by atomic mass is 10.1. The quantitative estimate of drug-likeness (QED) is 0.559. The standard InChI is InChI=1S/C15H15BrF3N3O3S2/c1-8(22-27(24,25)13-5-4-12(16)26-13)7-21-11-3-2-9(14(20)23)6-10(11)15(17,18)19/h2-6,8,21-22H,7H2,1H3,(H2,20,23)/t8-/m1/s1. The van der Waals surface area contributed by atoms with Crippen molar-refractivity contribution in [1.29, 1.82) is 0 Å². The van der Waals surface area contributed by atoms with Gasteiger partial charge in [0.25, 0.3) is 0 Å². The Labute approximate surface area is 166 Å². The normalized spacial score (nSPS) is 13.4. The lowest BCUT2D eigenvalue weighted by Gasteiger charge is -2.18. The summed E-state index contributed by atoms with van der Waals surface area (Å²) in [5.74, 6) is -0.977. The van der Waals surface area contributed by atoms with Gasteiger partial charge in [0, 0.05) is 23.8 Å². The van der Waals surface area contributed by atoms with Crippen molar-refractivity contribution in [2.75, 3.05) is 11.9 Å². The second kappa shape index (κ2) is 8.17. The number of rotatable bonds is 7. The molecule has 1 aromatic heterocycles. The highest BCUT2D eigenvalue weighted by Gasteiger charge is 2.34. The number of carbonyl (C=O) groups excluding carboxylic acids is 1. The molecule has 0 saturated carbocycles. The highest BCUT2D eigenvalue weighted by Crippen LogP contribution is 2.35. The molecule has 0 fully saturated rings. The van der Waals surface area contributed by atoms with Gasteiger partial charge < -0.3 is 11.1 Å². The zero-order chi connectivity index (χ0) is 20.4. The van der Waals surface area contributed by atoms with Crippen molar-refractivity contribution in [3.8, 4) is 0 Å². The van der Waals surface area contributed by atoms with Crippen molar-refractivity contribution in [2.24, 2.45) is 5.73 Å². The molecule has 0 bridgehead atoms. The Hall–Kier alpha value is -1.63. The fourth-order valence-electron chi connectivity index (χ4n) is 2.16. The van der Waals surface area contributed by atoms with Crippen LogP contribution < -0.4 is 15.8 Å². The van der Waals surface area contributed by atoms with E-state index in [2.05, 4.69) is 26.0 Å².